The van der Waals surface area contributed by atoms with E-state index in [0.717, 1.165) is 28.3 Å². The molecule has 0 aliphatic rings. The van der Waals surface area contributed by atoms with Gasteiger partial charge < -0.3 is 15.4 Å². The minimum Gasteiger partial charge on any atom is -0.507 e. The number of nitrogens with one attached hydrogen (secondary N) is 2. The van der Waals surface area contributed by atoms with Crippen molar-refractivity contribution in [1.29, 1.82) is 0 Å². The van der Waals surface area contributed by atoms with Crippen molar-refractivity contribution in [1.82, 2.24) is 9.97 Å². The van der Waals surface area contributed by atoms with Crippen LogP contribution in [-0.2, 0) is 6.54 Å². The van der Waals surface area contributed by atoms with Crippen molar-refractivity contribution >= 4 is 5.69 Å². The first kappa shape index (κ1) is 11.5. The number of aromatic hydroxyl groups is 1. The Balaban J connectivity index is 2.12. The van der Waals surface area contributed by atoms with Gasteiger partial charge in [0.1, 0.15) is 11.6 Å². The molecule has 4 heteroatoms. The van der Waals surface area contributed by atoms with Crippen molar-refractivity contribution in [2.24, 2.45) is 0 Å². The second-order valence-corrected chi connectivity index (χ2v) is 4.25. The molecule has 3 N–H and O–H groups in total. The van der Waals surface area contributed by atoms with E-state index in [0.29, 0.717) is 12.3 Å². The Kier molecular flexibility index (Phi) is 3.04. The smallest absolute Gasteiger partial charge is 0.123 e. The van der Waals surface area contributed by atoms with Gasteiger partial charge in [-0.25, -0.2) is 4.98 Å². The van der Waals surface area contributed by atoms with Crippen molar-refractivity contribution in [3.8, 4) is 5.75 Å². The van der Waals surface area contributed by atoms with Crippen LogP contribution in [0.3, 0.4) is 0 Å². The van der Waals surface area contributed by atoms with Gasteiger partial charge in [0.2, 0.25) is 0 Å². The Labute approximate surface area is 101 Å². The first-order valence-electron chi connectivity index (χ1n) is 5.61. The Morgan fingerprint density at radius 2 is 2.06 bits per heavy atom. The molecule has 0 aliphatic heterocycles. The van der Waals surface area contributed by atoms with E-state index in [4.69, 9.17) is 0 Å². The SMILES string of the molecule is Cc1ncc(CNc2ccc(C)c(O)c2C)[nH]1. The highest BCUT2D eigenvalue weighted by molar-refractivity contribution is 5.59. The van der Waals surface area contributed by atoms with Gasteiger partial charge in [-0.2, -0.15) is 0 Å². The van der Waals surface area contributed by atoms with E-state index in [9.17, 15) is 5.11 Å². The van der Waals surface area contributed by atoms with E-state index >= 15 is 0 Å². The second kappa shape index (κ2) is 4.49. The molecule has 90 valence electrons. The maximum absolute atomic E-state index is 9.83. The predicted molar refractivity (Wildman–Crippen MR) is 68.2 cm³/mol. The number of imidazole rings is 1. The number of benzene rings is 1. The number of phenols is 1. The number of rotatable bonds is 3. The Hall–Kier alpha value is -1.97. The maximum Gasteiger partial charge on any atom is 0.123 e. The molecule has 2 rings (SSSR count). The lowest BCUT2D eigenvalue weighted by molar-refractivity contribution is 0.467. The molecule has 1 aromatic heterocycles. The normalized spacial score (nSPS) is 10.5. The van der Waals surface area contributed by atoms with Crippen LogP contribution >= 0.6 is 0 Å². The summed E-state index contributed by atoms with van der Waals surface area (Å²) in [6.07, 6.45) is 1.81. The fourth-order valence-corrected chi connectivity index (χ4v) is 1.78. The van der Waals surface area contributed by atoms with Crippen molar-refractivity contribution in [3.63, 3.8) is 0 Å². The number of nitrogens with zero attached hydrogens (tertiary/aromatic N) is 1. The van der Waals surface area contributed by atoms with Gasteiger partial charge in [-0.15, -0.1) is 0 Å². The zero-order valence-electron chi connectivity index (χ0n) is 10.3. The zero-order valence-corrected chi connectivity index (χ0v) is 10.3. The molecule has 17 heavy (non-hydrogen) atoms. The first-order valence-corrected chi connectivity index (χ1v) is 5.61. The van der Waals surface area contributed by atoms with E-state index < -0.39 is 0 Å². The molecule has 0 amide bonds. The van der Waals surface area contributed by atoms with Crippen molar-refractivity contribution < 1.29 is 5.11 Å². The molecule has 1 heterocycles. The monoisotopic (exact) mass is 231 g/mol. The highest BCUT2D eigenvalue weighted by Crippen LogP contribution is 2.28. The number of aromatic amines is 1. The number of aryl methyl sites for hydroxylation is 2. The van der Waals surface area contributed by atoms with Crippen LogP contribution < -0.4 is 5.32 Å². The lowest BCUT2D eigenvalue weighted by Crippen LogP contribution is -2.01. The van der Waals surface area contributed by atoms with Gasteiger partial charge in [0.25, 0.3) is 0 Å². The Morgan fingerprint density at radius 1 is 1.29 bits per heavy atom. The van der Waals surface area contributed by atoms with Gasteiger partial charge in [0, 0.05) is 11.3 Å². The number of anilines is 1. The molecule has 0 fully saturated rings. The van der Waals surface area contributed by atoms with Crippen LogP contribution in [0.1, 0.15) is 22.6 Å². The molecular weight excluding hydrogens is 214 g/mol. The van der Waals surface area contributed by atoms with Gasteiger partial charge in [-0.1, -0.05) is 6.07 Å². The molecule has 0 saturated carbocycles. The standard InChI is InChI=1S/C13H17N3O/c1-8-4-5-12(9(2)13(8)17)15-7-11-6-14-10(3)16-11/h4-6,15,17H,7H2,1-3H3,(H,14,16). The zero-order chi connectivity index (χ0) is 12.4. The third-order valence-corrected chi connectivity index (χ3v) is 2.86. The topological polar surface area (TPSA) is 60.9 Å². The fraction of sp³-hybridized carbons (Fsp3) is 0.308. The van der Waals surface area contributed by atoms with Gasteiger partial charge in [0.15, 0.2) is 0 Å². The van der Waals surface area contributed by atoms with Crippen molar-refractivity contribution in [2.45, 2.75) is 27.3 Å². The lowest BCUT2D eigenvalue weighted by Gasteiger charge is -2.11. The molecule has 0 bridgehead atoms. The van der Waals surface area contributed by atoms with Gasteiger partial charge in [-0.3, -0.25) is 0 Å². The van der Waals surface area contributed by atoms with Crippen LogP contribution in [0.2, 0.25) is 0 Å². The van der Waals surface area contributed by atoms with Crippen LogP contribution in [0.5, 0.6) is 5.75 Å². The number of hydrogen-bond acceptors (Lipinski definition) is 3. The van der Waals surface area contributed by atoms with E-state index in [-0.39, 0.29) is 0 Å². The summed E-state index contributed by atoms with van der Waals surface area (Å²) in [4.78, 5) is 7.29. The molecule has 0 aliphatic carbocycles. The van der Waals surface area contributed by atoms with Gasteiger partial charge >= 0.3 is 0 Å². The minimum absolute atomic E-state index is 0.357. The van der Waals surface area contributed by atoms with Crippen LogP contribution in [0.4, 0.5) is 5.69 Å². The number of H-pyrrole nitrogens is 1. The van der Waals surface area contributed by atoms with Crippen LogP contribution in [0, 0.1) is 20.8 Å². The van der Waals surface area contributed by atoms with Crippen molar-refractivity contribution in [3.05, 3.63) is 41.0 Å². The Morgan fingerprint density at radius 3 is 2.71 bits per heavy atom. The average Bonchev–Trinajstić information content (AvgIpc) is 2.71. The first-order chi connectivity index (χ1) is 8.08. The molecule has 0 unspecified atom stereocenters. The minimum atomic E-state index is 0.357. The molecule has 1 aromatic carbocycles. The third kappa shape index (κ3) is 2.41. The molecule has 2 aromatic rings. The summed E-state index contributed by atoms with van der Waals surface area (Å²) in [6, 6.07) is 3.89. The van der Waals surface area contributed by atoms with E-state index in [1.807, 2.05) is 39.1 Å². The predicted octanol–water partition coefficient (Wildman–Crippen LogP) is 2.65. The summed E-state index contributed by atoms with van der Waals surface area (Å²) in [5, 5.41) is 13.1. The Bertz CT molecular complexity index is 531. The summed E-state index contributed by atoms with van der Waals surface area (Å²) < 4.78 is 0. The van der Waals surface area contributed by atoms with Crippen LogP contribution in [-0.4, -0.2) is 15.1 Å². The van der Waals surface area contributed by atoms with Gasteiger partial charge in [0.05, 0.1) is 18.4 Å². The lowest BCUT2D eigenvalue weighted by atomic mass is 10.1. The molecule has 0 saturated heterocycles. The quantitative estimate of drug-likeness (QED) is 0.761. The molecule has 0 radical (unpaired) electrons. The van der Waals surface area contributed by atoms with Crippen LogP contribution in [0.25, 0.3) is 0 Å². The highest BCUT2D eigenvalue weighted by Gasteiger charge is 2.06. The van der Waals surface area contributed by atoms with Crippen molar-refractivity contribution in [2.75, 3.05) is 5.32 Å². The molecule has 0 atom stereocenters. The number of phenolic OH excluding ortho intramolecular Hbond substituents is 1. The summed E-state index contributed by atoms with van der Waals surface area (Å²) in [7, 11) is 0. The number of hydrogen-bond donors (Lipinski definition) is 3. The van der Waals surface area contributed by atoms with E-state index in [1.54, 1.807) is 0 Å². The average molecular weight is 231 g/mol. The molecule has 4 nitrogen and oxygen atoms in total. The maximum atomic E-state index is 9.83. The van der Waals surface area contributed by atoms with E-state index in [1.165, 1.54) is 0 Å². The molecule has 0 spiro atoms. The number of aromatic nitrogens is 2. The largest absolute Gasteiger partial charge is 0.507 e. The fourth-order valence-electron chi connectivity index (χ4n) is 1.78. The third-order valence-electron chi connectivity index (χ3n) is 2.86. The summed E-state index contributed by atoms with van der Waals surface area (Å²) >= 11 is 0. The van der Waals surface area contributed by atoms with Gasteiger partial charge in [-0.05, 0) is 32.4 Å². The molecular formula is C13H17N3O. The summed E-state index contributed by atoms with van der Waals surface area (Å²) in [5.41, 5.74) is 3.74. The summed E-state index contributed by atoms with van der Waals surface area (Å²) in [6.45, 7) is 6.39. The highest BCUT2D eigenvalue weighted by atomic mass is 16.3. The second-order valence-electron chi connectivity index (χ2n) is 4.25. The van der Waals surface area contributed by atoms with Crippen LogP contribution in [0.15, 0.2) is 18.3 Å². The summed E-state index contributed by atoms with van der Waals surface area (Å²) in [5.74, 6) is 1.26. The van der Waals surface area contributed by atoms with E-state index in [2.05, 4.69) is 15.3 Å².